The largest absolute Gasteiger partial charge is 0.366 e. The summed E-state index contributed by atoms with van der Waals surface area (Å²) in [6.07, 6.45) is 0. The van der Waals surface area contributed by atoms with Crippen molar-refractivity contribution < 1.29 is 17.6 Å². The van der Waals surface area contributed by atoms with E-state index in [-0.39, 0.29) is 5.69 Å². The van der Waals surface area contributed by atoms with E-state index in [1.54, 1.807) is 0 Å². The Morgan fingerprint density at radius 1 is 0.938 bits per heavy atom. The Kier molecular flexibility index (Phi) is 3.00. The molecule has 2 nitrogen and oxygen atoms in total. The minimum atomic E-state index is -1.77. The first kappa shape index (κ1) is 11.2. The number of rotatable bonds is 1. The summed E-state index contributed by atoms with van der Waals surface area (Å²) in [6, 6.07) is 0.694. The lowest BCUT2D eigenvalue weighted by atomic mass is 10.2. The van der Waals surface area contributed by atoms with E-state index in [1.807, 2.05) is 0 Å². The monoisotopic (exact) mass is 234 g/mol. The molecular weight excluding hydrogens is 224 g/mol. The normalized spacial score (nSPS) is 16.6. The van der Waals surface area contributed by atoms with Gasteiger partial charge in [0, 0.05) is 32.2 Å². The highest BCUT2D eigenvalue weighted by molar-refractivity contribution is 5.49. The molecule has 1 fully saturated rings. The summed E-state index contributed by atoms with van der Waals surface area (Å²) in [5, 5.41) is 3.02. The fourth-order valence-corrected chi connectivity index (χ4v) is 1.70. The molecule has 0 unspecified atom stereocenters. The van der Waals surface area contributed by atoms with Gasteiger partial charge in [-0.3, -0.25) is 0 Å². The van der Waals surface area contributed by atoms with E-state index in [2.05, 4.69) is 5.32 Å². The molecule has 1 aliphatic rings. The molecule has 0 spiro atoms. The van der Waals surface area contributed by atoms with Crippen molar-refractivity contribution in [1.29, 1.82) is 0 Å². The average Bonchev–Trinajstić information content (AvgIpc) is 2.32. The summed E-state index contributed by atoms with van der Waals surface area (Å²) in [5.74, 6) is -6.22. The van der Waals surface area contributed by atoms with Gasteiger partial charge in [-0.05, 0) is 0 Å². The van der Waals surface area contributed by atoms with Crippen molar-refractivity contribution in [1.82, 2.24) is 5.32 Å². The van der Waals surface area contributed by atoms with Crippen molar-refractivity contribution in [2.24, 2.45) is 0 Å². The summed E-state index contributed by atoms with van der Waals surface area (Å²) in [5.41, 5.74) is -0.224. The van der Waals surface area contributed by atoms with Gasteiger partial charge >= 0.3 is 0 Å². The molecule has 1 heterocycles. The number of benzene rings is 1. The zero-order chi connectivity index (χ0) is 11.7. The van der Waals surface area contributed by atoms with Gasteiger partial charge in [-0.15, -0.1) is 0 Å². The number of hydrogen-bond acceptors (Lipinski definition) is 2. The Hall–Kier alpha value is -1.30. The predicted molar refractivity (Wildman–Crippen MR) is 51.4 cm³/mol. The van der Waals surface area contributed by atoms with Crippen molar-refractivity contribution in [2.45, 2.75) is 0 Å². The lowest BCUT2D eigenvalue weighted by Gasteiger charge is -2.29. The van der Waals surface area contributed by atoms with Crippen LogP contribution in [0.15, 0.2) is 6.07 Å². The molecule has 0 saturated carbocycles. The van der Waals surface area contributed by atoms with Crippen LogP contribution in [-0.4, -0.2) is 26.2 Å². The topological polar surface area (TPSA) is 15.3 Å². The first-order valence-corrected chi connectivity index (χ1v) is 4.90. The summed E-state index contributed by atoms with van der Waals surface area (Å²) >= 11 is 0. The van der Waals surface area contributed by atoms with Crippen molar-refractivity contribution in [3.05, 3.63) is 29.3 Å². The number of hydrogen-bond donors (Lipinski definition) is 1. The van der Waals surface area contributed by atoms with Gasteiger partial charge in [-0.1, -0.05) is 0 Å². The average molecular weight is 234 g/mol. The van der Waals surface area contributed by atoms with E-state index in [0.29, 0.717) is 32.2 Å². The van der Waals surface area contributed by atoms with E-state index in [4.69, 9.17) is 0 Å². The third-order valence-electron chi connectivity index (χ3n) is 2.54. The van der Waals surface area contributed by atoms with Crippen molar-refractivity contribution in [2.75, 3.05) is 31.1 Å². The Morgan fingerprint density at radius 2 is 1.56 bits per heavy atom. The highest BCUT2D eigenvalue weighted by Gasteiger charge is 2.23. The first-order chi connectivity index (χ1) is 7.61. The molecule has 1 aromatic carbocycles. The van der Waals surface area contributed by atoms with Crippen LogP contribution in [0.2, 0.25) is 0 Å². The molecule has 1 saturated heterocycles. The second-order valence-corrected chi connectivity index (χ2v) is 3.56. The van der Waals surface area contributed by atoms with Gasteiger partial charge in [0.15, 0.2) is 23.3 Å². The van der Waals surface area contributed by atoms with Crippen LogP contribution in [0.25, 0.3) is 0 Å². The second kappa shape index (κ2) is 4.29. The van der Waals surface area contributed by atoms with Gasteiger partial charge < -0.3 is 10.2 Å². The highest BCUT2D eigenvalue weighted by Crippen LogP contribution is 2.26. The maximum absolute atomic E-state index is 13.4. The van der Waals surface area contributed by atoms with Crippen LogP contribution < -0.4 is 10.2 Å². The Bertz CT molecular complexity index is 402. The highest BCUT2D eigenvalue weighted by atomic mass is 19.2. The number of nitrogens with one attached hydrogen (secondary N) is 1. The standard InChI is InChI=1S/C10H10F4N2/c11-6-5-7(9(13)10(14)8(6)12)16-3-1-15-2-4-16/h5,15H,1-4H2. The molecule has 88 valence electrons. The van der Waals surface area contributed by atoms with Crippen LogP contribution in [0, 0.1) is 23.3 Å². The molecule has 0 radical (unpaired) electrons. The molecule has 0 aromatic heterocycles. The van der Waals surface area contributed by atoms with Crippen LogP contribution in [0.1, 0.15) is 0 Å². The first-order valence-electron chi connectivity index (χ1n) is 4.90. The molecule has 0 bridgehead atoms. The van der Waals surface area contributed by atoms with Crippen LogP contribution in [0.3, 0.4) is 0 Å². The quantitative estimate of drug-likeness (QED) is 0.451. The van der Waals surface area contributed by atoms with Crippen LogP contribution in [0.5, 0.6) is 0 Å². The van der Waals surface area contributed by atoms with Gasteiger partial charge in [0.05, 0.1) is 5.69 Å². The van der Waals surface area contributed by atoms with E-state index in [0.717, 1.165) is 0 Å². The van der Waals surface area contributed by atoms with E-state index in [1.165, 1.54) is 4.90 Å². The third-order valence-corrected chi connectivity index (χ3v) is 2.54. The van der Waals surface area contributed by atoms with Crippen molar-refractivity contribution in [3.63, 3.8) is 0 Å². The SMILES string of the molecule is Fc1cc(N2CCNCC2)c(F)c(F)c1F. The number of nitrogens with zero attached hydrogens (tertiary/aromatic N) is 1. The van der Waals surface area contributed by atoms with Crippen LogP contribution >= 0.6 is 0 Å². The second-order valence-electron chi connectivity index (χ2n) is 3.56. The molecule has 1 aromatic rings. The van der Waals surface area contributed by atoms with Gasteiger partial charge in [0.2, 0.25) is 0 Å². The summed E-state index contributed by atoms with van der Waals surface area (Å²) in [6.45, 7) is 2.06. The fraction of sp³-hybridized carbons (Fsp3) is 0.400. The van der Waals surface area contributed by atoms with E-state index < -0.39 is 23.3 Å². The Labute approximate surface area is 89.9 Å². The minimum Gasteiger partial charge on any atom is -0.366 e. The van der Waals surface area contributed by atoms with Gasteiger partial charge in [-0.2, -0.15) is 0 Å². The molecular formula is C10H10F4N2. The molecule has 0 aliphatic carbocycles. The predicted octanol–water partition coefficient (Wildman–Crippen LogP) is 1.65. The third kappa shape index (κ3) is 1.84. The molecule has 6 heteroatoms. The van der Waals surface area contributed by atoms with Crippen LogP contribution in [-0.2, 0) is 0 Å². The van der Waals surface area contributed by atoms with Crippen LogP contribution in [0.4, 0.5) is 23.2 Å². The maximum atomic E-state index is 13.4. The number of anilines is 1. The molecule has 16 heavy (non-hydrogen) atoms. The van der Waals surface area contributed by atoms with Gasteiger partial charge in [-0.25, -0.2) is 17.6 Å². The summed E-state index contributed by atoms with van der Waals surface area (Å²) in [7, 11) is 0. The molecule has 0 atom stereocenters. The zero-order valence-corrected chi connectivity index (χ0v) is 8.36. The molecule has 1 aliphatic heterocycles. The summed E-state index contributed by atoms with van der Waals surface area (Å²) in [4.78, 5) is 1.48. The molecule has 1 N–H and O–H groups in total. The van der Waals surface area contributed by atoms with Gasteiger partial charge in [0.25, 0.3) is 0 Å². The lowest BCUT2D eigenvalue weighted by molar-refractivity contribution is 0.407. The molecule has 2 rings (SSSR count). The van der Waals surface area contributed by atoms with E-state index in [9.17, 15) is 17.6 Å². The van der Waals surface area contributed by atoms with Gasteiger partial charge in [0.1, 0.15) is 0 Å². The zero-order valence-electron chi connectivity index (χ0n) is 8.36. The Balaban J connectivity index is 2.40. The van der Waals surface area contributed by atoms with Crippen molar-refractivity contribution in [3.8, 4) is 0 Å². The maximum Gasteiger partial charge on any atom is 0.199 e. The smallest absolute Gasteiger partial charge is 0.199 e. The number of halogens is 4. The summed E-state index contributed by atoms with van der Waals surface area (Å²) < 4.78 is 52.0. The van der Waals surface area contributed by atoms with Crippen molar-refractivity contribution >= 4 is 5.69 Å². The molecule has 0 amide bonds. The lowest BCUT2D eigenvalue weighted by Crippen LogP contribution is -2.44. The fourth-order valence-electron chi connectivity index (χ4n) is 1.70. The Morgan fingerprint density at radius 3 is 2.19 bits per heavy atom. The van der Waals surface area contributed by atoms with E-state index >= 15 is 0 Å². The number of piperazine rings is 1. The minimum absolute atomic E-state index is 0.224.